The van der Waals surface area contributed by atoms with E-state index in [1.54, 1.807) is 38.1 Å². The van der Waals surface area contributed by atoms with E-state index < -0.39 is 17.9 Å². The molecule has 182 valence electrons. The van der Waals surface area contributed by atoms with Gasteiger partial charge in [-0.2, -0.15) is 0 Å². The van der Waals surface area contributed by atoms with Gasteiger partial charge in [0.1, 0.15) is 6.04 Å². The molecule has 2 aromatic carbocycles. The fraction of sp³-hybridized carbons (Fsp3) is 0.429. The third-order valence-corrected chi connectivity index (χ3v) is 7.58. The van der Waals surface area contributed by atoms with Gasteiger partial charge in [-0.25, -0.2) is 4.79 Å². The Morgan fingerprint density at radius 1 is 0.943 bits per heavy atom. The Hall–Kier alpha value is -3.48. The summed E-state index contributed by atoms with van der Waals surface area (Å²) in [6.07, 6.45) is 2.94. The first kappa shape index (κ1) is 23.3. The number of rotatable bonds is 7. The van der Waals surface area contributed by atoms with E-state index >= 15 is 0 Å². The minimum absolute atomic E-state index is 0.199. The molecule has 0 aromatic heterocycles. The van der Waals surface area contributed by atoms with Crippen molar-refractivity contribution in [2.45, 2.75) is 51.7 Å². The number of fused-ring (bicyclic) bond motifs is 5. The molecular formula is C28H30N2O5. The Labute approximate surface area is 204 Å². The lowest BCUT2D eigenvalue weighted by Crippen LogP contribution is -2.49. The van der Waals surface area contributed by atoms with Crippen molar-refractivity contribution >= 4 is 29.4 Å². The van der Waals surface area contributed by atoms with Crippen molar-refractivity contribution < 1.29 is 23.9 Å². The number of carbonyl (C=O) groups excluding carboxylic acids is 4. The van der Waals surface area contributed by atoms with Crippen LogP contribution in [0.1, 0.15) is 49.0 Å². The normalized spacial score (nSPS) is 25.6. The maximum absolute atomic E-state index is 13.5. The Morgan fingerprint density at radius 3 is 2.11 bits per heavy atom. The summed E-state index contributed by atoms with van der Waals surface area (Å²) in [4.78, 5) is 53.8. The molecule has 7 heteroatoms. The van der Waals surface area contributed by atoms with Crippen molar-refractivity contribution in [1.82, 2.24) is 4.90 Å². The number of imide groups is 1. The molecule has 3 aliphatic rings. The van der Waals surface area contributed by atoms with Gasteiger partial charge in [-0.05, 0) is 74.8 Å². The Kier molecular flexibility index (Phi) is 6.17. The van der Waals surface area contributed by atoms with Gasteiger partial charge in [-0.3, -0.25) is 19.3 Å². The standard InChI is InChI=1S/C28H30N2O5/c1-16(2)35-28(34)18-10-12-21(13-11-18)29-25(31)22(14-17-6-4-3-5-7-17)30-26(32)23-19-8-9-20(15-19)24(23)27(30)33/h3-7,10-13,16,19-20,22-24H,8-9,14-15H2,1-2H3,(H,29,31)/t19-,20+,22-,23-,24+/m1/s1. The van der Waals surface area contributed by atoms with Crippen molar-refractivity contribution in [2.75, 3.05) is 5.32 Å². The van der Waals surface area contributed by atoms with Crippen molar-refractivity contribution in [2.24, 2.45) is 23.7 Å². The summed E-state index contributed by atoms with van der Waals surface area (Å²) < 4.78 is 5.20. The largest absolute Gasteiger partial charge is 0.459 e. The molecule has 0 unspecified atom stereocenters. The molecule has 1 saturated heterocycles. The van der Waals surface area contributed by atoms with Crippen LogP contribution in [0.4, 0.5) is 5.69 Å². The maximum Gasteiger partial charge on any atom is 0.338 e. The van der Waals surface area contributed by atoms with Crippen LogP contribution in [0.25, 0.3) is 0 Å². The van der Waals surface area contributed by atoms with Gasteiger partial charge in [0.15, 0.2) is 0 Å². The average molecular weight is 475 g/mol. The summed E-state index contributed by atoms with van der Waals surface area (Å²) in [5, 5.41) is 2.85. The van der Waals surface area contributed by atoms with Crippen LogP contribution >= 0.6 is 0 Å². The van der Waals surface area contributed by atoms with Crippen molar-refractivity contribution in [3.8, 4) is 0 Å². The van der Waals surface area contributed by atoms with E-state index in [9.17, 15) is 19.2 Å². The third kappa shape index (κ3) is 4.35. The number of hydrogen-bond donors (Lipinski definition) is 1. The molecule has 2 saturated carbocycles. The van der Waals surface area contributed by atoms with Crippen LogP contribution in [-0.2, 0) is 25.5 Å². The second-order valence-electron chi connectivity index (χ2n) is 10.2. The fourth-order valence-electron chi connectivity index (χ4n) is 6.07. The molecule has 0 radical (unpaired) electrons. The molecule has 1 N–H and O–H groups in total. The predicted octanol–water partition coefficient (Wildman–Crippen LogP) is 3.83. The van der Waals surface area contributed by atoms with Crippen molar-refractivity contribution in [3.63, 3.8) is 0 Å². The smallest absolute Gasteiger partial charge is 0.338 e. The van der Waals surface area contributed by atoms with Gasteiger partial charge < -0.3 is 10.1 Å². The number of likely N-dealkylation sites (tertiary alicyclic amines) is 1. The van der Waals surface area contributed by atoms with Crippen LogP contribution in [0.3, 0.4) is 0 Å². The molecule has 5 rings (SSSR count). The second-order valence-corrected chi connectivity index (χ2v) is 10.2. The Morgan fingerprint density at radius 2 is 1.54 bits per heavy atom. The highest BCUT2D eigenvalue weighted by molar-refractivity contribution is 6.10. The van der Waals surface area contributed by atoms with Gasteiger partial charge in [-0.1, -0.05) is 30.3 Å². The van der Waals surface area contributed by atoms with Gasteiger partial charge in [0.25, 0.3) is 0 Å². The number of hydrogen-bond acceptors (Lipinski definition) is 5. The molecule has 3 amide bonds. The molecule has 3 fully saturated rings. The zero-order valence-electron chi connectivity index (χ0n) is 20.0. The summed E-state index contributed by atoms with van der Waals surface area (Å²) in [7, 11) is 0. The second kappa shape index (κ2) is 9.29. The first-order valence-corrected chi connectivity index (χ1v) is 12.4. The minimum Gasteiger partial charge on any atom is -0.459 e. The zero-order chi connectivity index (χ0) is 24.7. The molecule has 5 atom stereocenters. The highest BCUT2D eigenvalue weighted by Crippen LogP contribution is 2.56. The topological polar surface area (TPSA) is 92.8 Å². The first-order valence-electron chi connectivity index (χ1n) is 12.4. The Bertz CT molecular complexity index is 1120. The number of anilines is 1. The lowest BCUT2D eigenvalue weighted by atomic mass is 9.81. The van der Waals surface area contributed by atoms with E-state index in [1.807, 2.05) is 30.3 Å². The SMILES string of the molecule is CC(C)OC(=O)c1ccc(NC(=O)[C@@H](Cc2ccccc2)N2C(=O)[C@@H]3[C@@H]4CC[C@@H](C4)[C@@H]3C2=O)cc1. The Balaban J connectivity index is 1.38. The summed E-state index contributed by atoms with van der Waals surface area (Å²) in [6.45, 7) is 3.56. The molecule has 2 aromatic rings. The summed E-state index contributed by atoms with van der Waals surface area (Å²) in [6, 6.07) is 14.9. The first-order chi connectivity index (χ1) is 16.8. The number of ether oxygens (including phenoxy) is 1. The van der Waals surface area contributed by atoms with Crippen molar-refractivity contribution in [3.05, 3.63) is 65.7 Å². The molecule has 35 heavy (non-hydrogen) atoms. The summed E-state index contributed by atoms with van der Waals surface area (Å²) in [5.41, 5.74) is 1.74. The van der Waals surface area contributed by atoms with E-state index in [0.29, 0.717) is 11.3 Å². The minimum atomic E-state index is -0.937. The highest BCUT2D eigenvalue weighted by Gasteiger charge is 2.62. The highest BCUT2D eigenvalue weighted by atomic mass is 16.5. The van der Waals surface area contributed by atoms with Gasteiger partial charge >= 0.3 is 5.97 Å². The molecule has 2 aliphatic carbocycles. The van der Waals surface area contributed by atoms with Gasteiger partial charge in [0.05, 0.1) is 23.5 Å². The van der Waals surface area contributed by atoms with Crippen LogP contribution in [0.15, 0.2) is 54.6 Å². The zero-order valence-corrected chi connectivity index (χ0v) is 20.0. The van der Waals surface area contributed by atoms with E-state index in [2.05, 4.69) is 5.32 Å². The molecule has 1 heterocycles. The van der Waals surface area contributed by atoms with E-state index in [4.69, 9.17) is 4.74 Å². The molecule has 1 aliphatic heterocycles. The number of amides is 3. The predicted molar refractivity (Wildman–Crippen MR) is 129 cm³/mol. The monoisotopic (exact) mass is 474 g/mol. The summed E-state index contributed by atoms with van der Waals surface area (Å²) in [5.74, 6) is -1.30. The number of esters is 1. The van der Waals surface area contributed by atoms with Crippen LogP contribution < -0.4 is 5.32 Å². The molecule has 0 spiro atoms. The maximum atomic E-state index is 13.5. The fourth-order valence-corrected chi connectivity index (χ4v) is 6.07. The number of carbonyl (C=O) groups is 4. The summed E-state index contributed by atoms with van der Waals surface area (Å²) >= 11 is 0. The van der Waals surface area contributed by atoms with Gasteiger partial charge in [0, 0.05) is 12.1 Å². The lowest BCUT2D eigenvalue weighted by Gasteiger charge is -2.27. The molecule has 7 nitrogen and oxygen atoms in total. The third-order valence-electron chi connectivity index (χ3n) is 7.58. The van der Waals surface area contributed by atoms with E-state index in [-0.39, 0.29) is 48.0 Å². The van der Waals surface area contributed by atoms with Crippen LogP contribution in [0.2, 0.25) is 0 Å². The molecular weight excluding hydrogens is 444 g/mol. The average Bonchev–Trinajstić information content (AvgIpc) is 3.52. The number of nitrogens with one attached hydrogen (secondary N) is 1. The van der Waals surface area contributed by atoms with Crippen molar-refractivity contribution in [1.29, 1.82) is 0 Å². The quantitative estimate of drug-likeness (QED) is 0.486. The van der Waals surface area contributed by atoms with E-state index in [0.717, 1.165) is 24.8 Å². The number of nitrogens with zero attached hydrogens (tertiary/aromatic N) is 1. The van der Waals surface area contributed by atoms with Gasteiger partial charge in [0.2, 0.25) is 17.7 Å². The molecule has 2 bridgehead atoms. The van der Waals surface area contributed by atoms with Gasteiger partial charge in [-0.15, -0.1) is 0 Å². The number of benzene rings is 2. The van der Waals surface area contributed by atoms with Crippen LogP contribution in [-0.4, -0.2) is 40.7 Å². The van der Waals surface area contributed by atoms with E-state index in [1.165, 1.54) is 4.90 Å². The lowest BCUT2D eigenvalue weighted by molar-refractivity contribution is -0.147. The van der Waals surface area contributed by atoms with Crippen LogP contribution in [0.5, 0.6) is 0 Å². The van der Waals surface area contributed by atoms with Crippen LogP contribution in [0, 0.1) is 23.7 Å².